The minimum atomic E-state index is -0.734. The van der Waals surface area contributed by atoms with Gasteiger partial charge in [0.05, 0.1) is 11.6 Å². The van der Waals surface area contributed by atoms with E-state index in [1.807, 2.05) is 12.1 Å². The van der Waals surface area contributed by atoms with Gasteiger partial charge in [-0.3, -0.25) is 4.79 Å². The molecule has 25 heavy (non-hydrogen) atoms. The molecule has 0 bridgehead atoms. The van der Waals surface area contributed by atoms with E-state index in [9.17, 15) is 9.59 Å². The largest absolute Gasteiger partial charge is 0.459 e. The maximum Gasteiger partial charge on any atom is 0.437 e. The molecule has 0 radical (unpaired) electrons. The predicted molar refractivity (Wildman–Crippen MR) is 87.2 cm³/mol. The highest BCUT2D eigenvalue weighted by Gasteiger charge is 2.14. The maximum absolute atomic E-state index is 11.9. The summed E-state index contributed by atoms with van der Waals surface area (Å²) < 4.78 is 11.1. The van der Waals surface area contributed by atoms with Crippen LogP contribution in [0, 0.1) is 11.3 Å². The zero-order valence-electron chi connectivity index (χ0n) is 13.1. The van der Waals surface area contributed by atoms with Gasteiger partial charge >= 0.3 is 11.7 Å². The molecule has 3 rings (SSSR count). The van der Waals surface area contributed by atoms with E-state index in [2.05, 4.69) is 5.10 Å². The molecule has 0 aliphatic heterocycles. The molecular formula is C18H13N3O4. The Kier molecular flexibility index (Phi) is 4.72. The van der Waals surface area contributed by atoms with Gasteiger partial charge in [-0.05, 0) is 29.8 Å². The molecule has 1 heterocycles. The van der Waals surface area contributed by atoms with E-state index in [1.165, 1.54) is 0 Å². The van der Waals surface area contributed by atoms with E-state index in [0.717, 1.165) is 4.68 Å². The van der Waals surface area contributed by atoms with Crippen LogP contribution in [0.5, 0.6) is 0 Å². The summed E-state index contributed by atoms with van der Waals surface area (Å²) >= 11 is 0. The molecule has 7 heteroatoms. The number of hydrogen-bond acceptors (Lipinski definition) is 6. The van der Waals surface area contributed by atoms with E-state index in [0.29, 0.717) is 16.7 Å². The molecule has 0 saturated heterocycles. The maximum atomic E-state index is 11.9. The number of nitriles is 1. The van der Waals surface area contributed by atoms with Crippen molar-refractivity contribution < 1.29 is 13.9 Å². The van der Waals surface area contributed by atoms with Crippen molar-refractivity contribution in [2.24, 2.45) is 0 Å². The zero-order chi connectivity index (χ0) is 17.6. The topological polar surface area (TPSA) is 98.1 Å². The lowest BCUT2D eigenvalue weighted by molar-refractivity contribution is -0.146. The summed E-state index contributed by atoms with van der Waals surface area (Å²) in [6.07, 6.45) is 0. The monoisotopic (exact) mass is 335 g/mol. The molecule has 0 spiro atoms. The molecule has 0 saturated carbocycles. The number of hydrogen-bond donors (Lipinski definition) is 0. The first-order valence-electron chi connectivity index (χ1n) is 7.44. The van der Waals surface area contributed by atoms with E-state index in [-0.39, 0.29) is 19.0 Å². The smallest absolute Gasteiger partial charge is 0.437 e. The third-order valence-corrected chi connectivity index (χ3v) is 3.36. The lowest BCUT2D eigenvalue weighted by atomic mass is 10.1. The Balaban J connectivity index is 1.64. The van der Waals surface area contributed by atoms with Gasteiger partial charge in [-0.25, -0.2) is 4.79 Å². The number of ether oxygens (including phenoxy) is 1. The number of aromatic nitrogens is 2. The minimum Gasteiger partial charge on any atom is -0.459 e. The highest BCUT2D eigenvalue weighted by molar-refractivity contribution is 5.69. The van der Waals surface area contributed by atoms with Crippen molar-refractivity contribution in [3.05, 3.63) is 76.3 Å². The molecule has 124 valence electrons. The van der Waals surface area contributed by atoms with Crippen molar-refractivity contribution in [1.82, 2.24) is 9.78 Å². The van der Waals surface area contributed by atoms with Gasteiger partial charge in [-0.1, -0.05) is 30.3 Å². The fourth-order valence-corrected chi connectivity index (χ4v) is 2.17. The average Bonchev–Trinajstić information content (AvgIpc) is 3.01. The summed E-state index contributed by atoms with van der Waals surface area (Å²) in [6, 6.07) is 17.6. The van der Waals surface area contributed by atoms with Crippen LogP contribution in [0.1, 0.15) is 11.1 Å². The van der Waals surface area contributed by atoms with Gasteiger partial charge in [0.2, 0.25) is 5.89 Å². The second-order valence-electron chi connectivity index (χ2n) is 5.17. The fourth-order valence-electron chi connectivity index (χ4n) is 2.17. The first kappa shape index (κ1) is 16.2. The highest BCUT2D eigenvalue weighted by atomic mass is 16.5. The van der Waals surface area contributed by atoms with Crippen LogP contribution in [0.3, 0.4) is 0 Å². The van der Waals surface area contributed by atoms with Crippen molar-refractivity contribution in [3.63, 3.8) is 0 Å². The second kappa shape index (κ2) is 7.27. The quantitative estimate of drug-likeness (QED) is 0.662. The van der Waals surface area contributed by atoms with Crippen LogP contribution in [0.25, 0.3) is 11.5 Å². The molecule has 0 aliphatic carbocycles. The van der Waals surface area contributed by atoms with E-state index >= 15 is 0 Å². The molecule has 2 aromatic carbocycles. The van der Waals surface area contributed by atoms with Crippen LogP contribution in [0.4, 0.5) is 0 Å². The van der Waals surface area contributed by atoms with Crippen molar-refractivity contribution in [2.45, 2.75) is 13.2 Å². The van der Waals surface area contributed by atoms with E-state index < -0.39 is 11.7 Å². The molecular weight excluding hydrogens is 322 g/mol. The molecule has 0 unspecified atom stereocenters. The Hall–Kier alpha value is -3.66. The third kappa shape index (κ3) is 4.00. The first-order chi connectivity index (χ1) is 12.2. The van der Waals surface area contributed by atoms with Gasteiger partial charge in [0.25, 0.3) is 0 Å². The van der Waals surface area contributed by atoms with Gasteiger partial charge in [-0.2, -0.15) is 9.94 Å². The Morgan fingerprint density at radius 2 is 2.00 bits per heavy atom. The summed E-state index contributed by atoms with van der Waals surface area (Å²) in [6.45, 7) is -0.348. The number of nitrogens with zero attached hydrogens (tertiary/aromatic N) is 3. The van der Waals surface area contributed by atoms with Crippen LogP contribution >= 0.6 is 0 Å². The van der Waals surface area contributed by atoms with Crippen molar-refractivity contribution in [3.8, 4) is 17.5 Å². The van der Waals surface area contributed by atoms with Crippen LogP contribution in [-0.4, -0.2) is 15.7 Å². The molecule has 0 fully saturated rings. The number of esters is 1. The number of carbonyl (C=O) groups is 1. The first-order valence-corrected chi connectivity index (χ1v) is 7.44. The van der Waals surface area contributed by atoms with Crippen molar-refractivity contribution >= 4 is 5.97 Å². The number of rotatable bonds is 5. The van der Waals surface area contributed by atoms with Gasteiger partial charge in [0, 0.05) is 5.56 Å². The van der Waals surface area contributed by atoms with Crippen LogP contribution < -0.4 is 5.76 Å². The van der Waals surface area contributed by atoms with Crippen LogP contribution in [0.2, 0.25) is 0 Å². The summed E-state index contributed by atoms with van der Waals surface area (Å²) in [5, 5.41) is 12.8. The van der Waals surface area contributed by atoms with Gasteiger partial charge < -0.3 is 9.15 Å². The molecule has 7 nitrogen and oxygen atoms in total. The lowest BCUT2D eigenvalue weighted by Crippen LogP contribution is -2.22. The van der Waals surface area contributed by atoms with Crippen molar-refractivity contribution in [2.75, 3.05) is 0 Å². The highest BCUT2D eigenvalue weighted by Crippen LogP contribution is 2.14. The Morgan fingerprint density at radius 1 is 1.20 bits per heavy atom. The predicted octanol–water partition coefficient (Wildman–Crippen LogP) is 2.12. The Morgan fingerprint density at radius 3 is 2.76 bits per heavy atom. The summed E-state index contributed by atoms with van der Waals surface area (Å²) in [4.78, 5) is 23.7. The molecule has 0 amide bonds. The summed E-state index contributed by atoms with van der Waals surface area (Å²) in [5.74, 6) is -1.22. The SMILES string of the molecule is N#Cc1cccc(COC(=O)Cn2nc(-c3ccccc3)oc2=O)c1. The summed E-state index contributed by atoms with van der Waals surface area (Å²) in [7, 11) is 0. The molecule has 0 N–H and O–H groups in total. The van der Waals surface area contributed by atoms with Crippen LogP contribution in [0.15, 0.2) is 63.8 Å². The van der Waals surface area contributed by atoms with E-state index in [1.54, 1.807) is 48.5 Å². The van der Waals surface area contributed by atoms with Gasteiger partial charge in [0.15, 0.2) is 0 Å². The molecule has 3 aromatic rings. The normalized spacial score (nSPS) is 10.2. The second-order valence-corrected chi connectivity index (χ2v) is 5.17. The number of carbonyl (C=O) groups excluding carboxylic acids is 1. The van der Waals surface area contributed by atoms with Gasteiger partial charge in [-0.15, -0.1) is 5.10 Å². The van der Waals surface area contributed by atoms with Gasteiger partial charge in [0.1, 0.15) is 13.2 Å². The summed E-state index contributed by atoms with van der Waals surface area (Å²) in [5.41, 5.74) is 1.80. The fraction of sp³-hybridized carbons (Fsp3) is 0.111. The Labute approximate surface area is 142 Å². The van der Waals surface area contributed by atoms with E-state index in [4.69, 9.17) is 14.4 Å². The third-order valence-electron chi connectivity index (χ3n) is 3.36. The lowest BCUT2D eigenvalue weighted by Gasteiger charge is -2.04. The zero-order valence-corrected chi connectivity index (χ0v) is 13.1. The molecule has 0 aliphatic rings. The Bertz CT molecular complexity index is 983. The van der Waals surface area contributed by atoms with Crippen molar-refractivity contribution in [1.29, 1.82) is 5.26 Å². The molecule has 1 aromatic heterocycles. The van der Waals surface area contributed by atoms with Crippen LogP contribution in [-0.2, 0) is 22.7 Å². The molecule has 0 atom stereocenters. The number of benzene rings is 2. The standard InChI is InChI=1S/C18H13N3O4/c19-10-13-5-4-6-14(9-13)12-24-16(22)11-21-18(23)25-17(20-21)15-7-2-1-3-8-15/h1-9H,11-12H2. The average molecular weight is 335 g/mol. The minimum absolute atomic E-state index is 0.00645.